The minimum atomic E-state index is -0.913. The summed E-state index contributed by atoms with van der Waals surface area (Å²) < 4.78 is 0. The molecule has 1 atom stereocenters. The molecule has 0 aliphatic heterocycles. The minimum absolute atomic E-state index is 0.454. The highest BCUT2D eigenvalue weighted by molar-refractivity contribution is 5.76. The lowest BCUT2D eigenvalue weighted by Gasteiger charge is -2.22. The Balaban J connectivity index is 2.88. The predicted octanol–water partition coefficient (Wildman–Crippen LogP) is 0.863. The SMILES string of the molecule is CC(C(=O)O)N(C)c1ccc(C#N)cn1. The number of carboxylic acids is 1. The van der Waals surface area contributed by atoms with Gasteiger partial charge in [0.05, 0.1) is 5.56 Å². The maximum Gasteiger partial charge on any atom is 0.326 e. The van der Waals surface area contributed by atoms with Gasteiger partial charge in [-0.05, 0) is 19.1 Å². The summed E-state index contributed by atoms with van der Waals surface area (Å²) in [4.78, 5) is 16.2. The lowest BCUT2D eigenvalue weighted by molar-refractivity contribution is -0.138. The monoisotopic (exact) mass is 205 g/mol. The summed E-state index contributed by atoms with van der Waals surface area (Å²) in [5, 5.41) is 17.4. The molecule has 0 saturated heterocycles. The number of aliphatic carboxylic acids is 1. The molecule has 5 heteroatoms. The number of likely N-dealkylation sites (N-methyl/N-ethyl adjacent to an activating group) is 1. The zero-order valence-corrected chi connectivity index (χ0v) is 8.51. The van der Waals surface area contributed by atoms with Gasteiger partial charge in [0.1, 0.15) is 17.9 Å². The van der Waals surface area contributed by atoms with Crippen LogP contribution in [-0.4, -0.2) is 29.1 Å². The van der Waals surface area contributed by atoms with Gasteiger partial charge in [-0.3, -0.25) is 0 Å². The van der Waals surface area contributed by atoms with Crippen LogP contribution in [0.1, 0.15) is 12.5 Å². The third-order valence-electron chi connectivity index (χ3n) is 2.18. The maximum atomic E-state index is 10.7. The van der Waals surface area contributed by atoms with Crippen LogP contribution in [-0.2, 0) is 4.79 Å². The van der Waals surface area contributed by atoms with Gasteiger partial charge in [0, 0.05) is 13.2 Å². The molecule has 0 aliphatic carbocycles. The number of nitriles is 1. The van der Waals surface area contributed by atoms with E-state index in [1.807, 2.05) is 6.07 Å². The Bertz CT molecular complexity index is 394. The van der Waals surface area contributed by atoms with Crippen LogP contribution < -0.4 is 4.90 Å². The van der Waals surface area contributed by atoms with Gasteiger partial charge in [0.25, 0.3) is 0 Å². The highest BCUT2D eigenvalue weighted by Crippen LogP contribution is 2.12. The van der Waals surface area contributed by atoms with Crippen molar-refractivity contribution in [2.45, 2.75) is 13.0 Å². The molecule has 1 N–H and O–H groups in total. The molecule has 0 radical (unpaired) electrons. The quantitative estimate of drug-likeness (QED) is 0.791. The Labute approximate surface area is 87.6 Å². The Kier molecular flexibility index (Phi) is 3.24. The Morgan fingerprint density at radius 1 is 1.67 bits per heavy atom. The average molecular weight is 205 g/mol. The van der Waals surface area contributed by atoms with E-state index in [0.717, 1.165) is 0 Å². The molecule has 0 aliphatic rings. The van der Waals surface area contributed by atoms with E-state index in [2.05, 4.69) is 4.98 Å². The van der Waals surface area contributed by atoms with Crippen LogP contribution in [0.15, 0.2) is 18.3 Å². The van der Waals surface area contributed by atoms with Crippen molar-refractivity contribution in [2.75, 3.05) is 11.9 Å². The summed E-state index contributed by atoms with van der Waals surface area (Å²) in [7, 11) is 1.65. The molecule has 0 aromatic carbocycles. The van der Waals surface area contributed by atoms with E-state index in [1.165, 1.54) is 11.1 Å². The largest absolute Gasteiger partial charge is 0.480 e. The van der Waals surface area contributed by atoms with Crippen molar-refractivity contribution < 1.29 is 9.90 Å². The molecular weight excluding hydrogens is 194 g/mol. The van der Waals surface area contributed by atoms with Crippen molar-refractivity contribution in [3.63, 3.8) is 0 Å². The number of carboxylic acid groups (broad SMARTS) is 1. The molecule has 15 heavy (non-hydrogen) atoms. The second kappa shape index (κ2) is 4.42. The number of hydrogen-bond donors (Lipinski definition) is 1. The molecule has 1 unspecified atom stereocenters. The van der Waals surface area contributed by atoms with Crippen LogP contribution in [0, 0.1) is 11.3 Å². The second-order valence-electron chi connectivity index (χ2n) is 3.14. The highest BCUT2D eigenvalue weighted by Gasteiger charge is 2.17. The summed E-state index contributed by atoms with van der Waals surface area (Å²) in [6, 6.07) is 4.53. The number of carbonyl (C=O) groups is 1. The normalized spacial score (nSPS) is 11.5. The fraction of sp³-hybridized carbons (Fsp3) is 0.300. The molecule has 78 valence electrons. The summed E-state index contributed by atoms with van der Waals surface area (Å²) >= 11 is 0. The number of hydrogen-bond acceptors (Lipinski definition) is 4. The van der Waals surface area contributed by atoms with Crippen LogP contribution in [0.5, 0.6) is 0 Å². The zero-order chi connectivity index (χ0) is 11.4. The fourth-order valence-corrected chi connectivity index (χ4v) is 1.02. The molecular formula is C10H11N3O2. The van der Waals surface area contributed by atoms with E-state index in [9.17, 15) is 4.79 Å². The molecule has 0 spiro atoms. The first-order valence-corrected chi connectivity index (χ1v) is 4.38. The van der Waals surface area contributed by atoms with E-state index < -0.39 is 12.0 Å². The van der Waals surface area contributed by atoms with E-state index >= 15 is 0 Å². The number of pyridine rings is 1. The van der Waals surface area contributed by atoms with Gasteiger partial charge in [0.15, 0.2) is 0 Å². The van der Waals surface area contributed by atoms with Crippen LogP contribution >= 0.6 is 0 Å². The van der Waals surface area contributed by atoms with Gasteiger partial charge in [-0.2, -0.15) is 5.26 Å². The van der Waals surface area contributed by atoms with E-state index in [-0.39, 0.29) is 0 Å². The standard InChI is InChI=1S/C10H11N3O2/c1-7(10(14)15)13(2)9-4-3-8(5-11)6-12-9/h3-4,6-7H,1-2H3,(H,14,15). The lowest BCUT2D eigenvalue weighted by Crippen LogP contribution is -2.36. The van der Waals surface area contributed by atoms with Crippen molar-refractivity contribution in [3.05, 3.63) is 23.9 Å². The van der Waals surface area contributed by atoms with Crippen LogP contribution in [0.4, 0.5) is 5.82 Å². The Hall–Kier alpha value is -2.09. The van der Waals surface area contributed by atoms with Gasteiger partial charge >= 0.3 is 5.97 Å². The van der Waals surface area contributed by atoms with Gasteiger partial charge in [-0.1, -0.05) is 0 Å². The zero-order valence-electron chi connectivity index (χ0n) is 8.51. The molecule has 0 fully saturated rings. The molecule has 1 aromatic rings. The third kappa shape index (κ3) is 2.44. The summed E-state index contributed by atoms with van der Waals surface area (Å²) in [5.74, 6) is -0.382. The Morgan fingerprint density at radius 2 is 2.33 bits per heavy atom. The van der Waals surface area contributed by atoms with E-state index in [0.29, 0.717) is 11.4 Å². The smallest absolute Gasteiger partial charge is 0.326 e. The predicted molar refractivity (Wildman–Crippen MR) is 54.5 cm³/mol. The number of anilines is 1. The van der Waals surface area contributed by atoms with Gasteiger partial charge < -0.3 is 10.0 Å². The average Bonchev–Trinajstić information content (AvgIpc) is 2.27. The van der Waals surface area contributed by atoms with Gasteiger partial charge in [0.2, 0.25) is 0 Å². The molecule has 1 rings (SSSR count). The maximum absolute atomic E-state index is 10.7. The first-order valence-electron chi connectivity index (χ1n) is 4.38. The fourth-order valence-electron chi connectivity index (χ4n) is 1.02. The topological polar surface area (TPSA) is 77.2 Å². The van der Waals surface area contributed by atoms with Crippen molar-refractivity contribution in [3.8, 4) is 6.07 Å². The summed E-state index contributed by atoms with van der Waals surface area (Å²) in [5.41, 5.74) is 0.454. The first kappa shape index (κ1) is 11.0. The molecule has 0 saturated carbocycles. The first-order chi connectivity index (χ1) is 7.06. The molecule has 5 nitrogen and oxygen atoms in total. The second-order valence-corrected chi connectivity index (χ2v) is 3.14. The van der Waals surface area contributed by atoms with Crippen molar-refractivity contribution in [1.82, 2.24) is 4.98 Å². The van der Waals surface area contributed by atoms with Crippen molar-refractivity contribution >= 4 is 11.8 Å². The van der Waals surface area contributed by atoms with Crippen LogP contribution in [0.25, 0.3) is 0 Å². The third-order valence-corrected chi connectivity index (χ3v) is 2.18. The van der Waals surface area contributed by atoms with Crippen LogP contribution in [0.2, 0.25) is 0 Å². The molecule has 1 heterocycles. The van der Waals surface area contributed by atoms with Crippen LogP contribution in [0.3, 0.4) is 0 Å². The number of rotatable bonds is 3. The molecule has 0 bridgehead atoms. The number of nitrogens with zero attached hydrogens (tertiary/aromatic N) is 3. The summed E-state index contributed by atoms with van der Waals surface area (Å²) in [6.45, 7) is 1.57. The van der Waals surface area contributed by atoms with Crippen molar-refractivity contribution in [2.24, 2.45) is 0 Å². The molecule has 1 aromatic heterocycles. The van der Waals surface area contributed by atoms with Gasteiger partial charge in [-0.15, -0.1) is 0 Å². The van der Waals surface area contributed by atoms with E-state index in [1.54, 1.807) is 26.1 Å². The lowest BCUT2D eigenvalue weighted by atomic mass is 10.2. The highest BCUT2D eigenvalue weighted by atomic mass is 16.4. The summed E-state index contributed by atoms with van der Waals surface area (Å²) in [6.07, 6.45) is 1.42. The van der Waals surface area contributed by atoms with E-state index in [4.69, 9.17) is 10.4 Å². The number of aromatic nitrogens is 1. The molecule has 0 amide bonds. The van der Waals surface area contributed by atoms with Gasteiger partial charge in [-0.25, -0.2) is 9.78 Å². The minimum Gasteiger partial charge on any atom is -0.480 e. The van der Waals surface area contributed by atoms with Crippen molar-refractivity contribution in [1.29, 1.82) is 5.26 Å². The Morgan fingerprint density at radius 3 is 2.73 bits per heavy atom.